The van der Waals surface area contributed by atoms with Crippen LogP contribution in [-0.2, 0) is 6.54 Å². The summed E-state index contributed by atoms with van der Waals surface area (Å²) in [6.07, 6.45) is 0.904. The summed E-state index contributed by atoms with van der Waals surface area (Å²) in [6, 6.07) is 3.90. The Balaban J connectivity index is 2.92. The lowest BCUT2D eigenvalue weighted by Crippen LogP contribution is -2.31. The summed E-state index contributed by atoms with van der Waals surface area (Å²) in [5, 5.41) is 13.0. The van der Waals surface area contributed by atoms with Crippen LogP contribution in [0.5, 0.6) is 11.5 Å². The van der Waals surface area contributed by atoms with E-state index < -0.39 is 0 Å². The number of aliphatic hydroxyl groups is 1. The summed E-state index contributed by atoms with van der Waals surface area (Å²) in [5.74, 6) is 1.25. The molecule has 0 aliphatic rings. The van der Waals surface area contributed by atoms with Gasteiger partial charge >= 0.3 is 0 Å². The summed E-state index contributed by atoms with van der Waals surface area (Å²) in [4.78, 5) is 0. The Morgan fingerprint density at radius 2 is 2.00 bits per heavy atom. The second kappa shape index (κ2) is 9.13. The lowest BCUT2D eigenvalue weighted by atomic mass is 10.1. The summed E-state index contributed by atoms with van der Waals surface area (Å²) in [7, 11) is 0. The third-order valence-corrected chi connectivity index (χ3v) is 3.31. The molecule has 0 heterocycles. The van der Waals surface area contributed by atoms with Crippen molar-refractivity contribution in [2.45, 2.75) is 52.8 Å². The van der Waals surface area contributed by atoms with Crippen LogP contribution in [0.1, 0.15) is 39.7 Å². The van der Waals surface area contributed by atoms with Crippen LogP contribution in [0, 0.1) is 0 Å². The smallest absolute Gasteiger partial charge is 0.180 e. The molecular weight excluding hydrogens is 290 g/mol. The van der Waals surface area contributed by atoms with Gasteiger partial charge in [0.25, 0.3) is 0 Å². The fourth-order valence-electron chi connectivity index (χ4n) is 1.94. The standard InChI is InChI=1S/C16H26ClNO3/c1-5-13(10-19)18-9-12-7-14(17)16(21-11(3)4)15(8-12)20-6-2/h7-8,11,13,18-19H,5-6,9-10H2,1-4H3. The number of hydrogen-bond donors (Lipinski definition) is 2. The van der Waals surface area contributed by atoms with Gasteiger partial charge in [-0.3, -0.25) is 0 Å². The molecule has 0 spiro atoms. The van der Waals surface area contributed by atoms with Gasteiger partial charge < -0.3 is 19.9 Å². The van der Waals surface area contributed by atoms with Crippen molar-refractivity contribution in [2.75, 3.05) is 13.2 Å². The van der Waals surface area contributed by atoms with Crippen LogP contribution in [0.3, 0.4) is 0 Å². The maximum Gasteiger partial charge on any atom is 0.180 e. The molecule has 120 valence electrons. The number of benzene rings is 1. The highest BCUT2D eigenvalue weighted by Gasteiger charge is 2.14. The minimum absolute atomic E-state index is 0.0320. The highest BCUT2D eigenvalue weighted by molar-refractivity contribution is 6.32. The van der Waals surface area contributed by atoms with Crippen molar-refractivity contribution in [3.8, 4) is 11.5 Å². The minimum Gasteiger partial charge on any atom is -0.490 e. The van der Waals surface area contributed by atoms with E-state index in [9.17, 15) is 5.11 Å². The Hall–Kier alpha value is -0.970. The van der Waals surface area contributed by atoms with Gasteiger partial charge in [0.15, 0.2) is 11.5 Å². The average molecular weight is 316 g/mol. The zero-order chi connectivity index (χ0) is 15.8. The normalized spacial score (nSPS) is 12.5. The fraction of sp³-hybridized carbons (Fsp3) is 0.625. The van der Waals surface area contributed by atoms with E-state index in [0.29, 0.717) is 29.7 Å². The average Bonchev–Trinajstić information content (AvgIpc) is 2.43. The van der Waals surface area contributed by atoms with E-state index in [1.165, 1.54) is 0 Å². The fourth-order valence-corrected chi connectivity index (χ4v) is 2.21. The number of hydrogen-bond acceptors (Lipinski definition) is 4. The van der Waals surface area contributed by atoms with Crippen LogP contribution in [0.4, 0.5) is 0 Å². The lowest BCUT2D eigenvalue weighted by Gasteiger charge is -2.18. The molecule has 1 aromatic rings. The quantitative estimate of drug-likeness (QED) is 0.733. The molecule has 0 aliphatic heterocycles. The van der Waals surface area contributed by atoms with Crippen molar-refractivity contribution in [3.05, 3.63) is 22.7 Å². The van der Waals surface area contributed by atoms with Crippen LogP contribution in [-0.4, -0.2) is 30.5 Å². The van der Waals surface area contributed by atoms with Crippen LogP contribution < -0.4 is 14.8 Å². The second-order valence-corrected chi connectivity index (χ2v) is 5.58. The van der Waals surface area contributed by atoms with E-state index in [4.69, 9.17) is 21.1 Å². The van der Waals surface area contributed by atoms with E-state index >= 15 is 0 Å². The molecule has 2 N–H and O–H groups in total. The van der Waals surface area contributed by atoms with Crippen molar-refractivity contribution >= 4 is 11.6 Å². The van der Waals surface area contributed by atoms with Gasteiger partial charge in [-0.25, -0.2) is 0 Å². The van der Waals surface area contributed by atoms with Crippen LogP contribution in [0.15, 0.2) is 12.1 Å². The van der Waals surface area contributed by atoms with E-state index in [1.54, 1.807) is 0 Å². The number of rotatable bonds is 9. The minimum atomic E-state index is 0.0320. The monoisotopic (exact) mass is 315 g/mol. The Bertz CT molecular complexity index is 434. The van der Waals surface area contributed by atoms with Crippen molar-refractivity contribution in [1.82, 2.24) is 5.32 Å². The molecule has 1 unspecified atom stereocenters. The summed E-state index contributed by atoms with van der Waals surface area (Å²) in [5.41, 5.74) is 1.01. The molecule has 0 radical (unpaired) electrons. The molecule has 0 aliphatic carbocycles. The molecule has 4 nitrogen and oxygen atoms in total. The molecular formula is C16H26ClNO3. The van der Waals surface area contributed by atoms with Crippen LogP contribution in [0.2, 0.25) is 5.02 Å². The topological polar surface area (TPSA) is 50.7 Å². The van der Waals surface area contributed by atoms with Gasteiger partial charge in [0.2, 0.25) is 0 Å². The molecule has 0 amide bonds. The summed E-state index contributed by atoms with van der Waals surface area (Å²) in [6.45, 7) is 9.17. The Morgan fingerprint density at radius 3 is 2.52 bits per heavy atom. The number of halogens is 1. The molecule has 1 atom stereocenters. The van der Waals surface area contributed by atoms with E-state index in [1.807, 2.05) is 39.8 Å². The van der Waals surface area contributed by atoms with Gasteiger partial charge in [0.1, 0.15) is 0 Å². The first-order valence-electron chi connectivity index (χ1n) is 7.47. The molecule has 1 rings (SSSR count). The molecule has 0 saturated heterocycles. The first-order chi connectivity index (χ1) is 10.0. The van der Waals surface area contributed by atoms with E-state index in [-0.39, 0.29) is 18.8 Å². The zero-order valence-corrected chi connectivity index (χ0v) is 14.0. The predicted molar refractivity (Wildman–Crippen MR) is 86.4 cm³/mol. The van der Waals surface area contributed by atoms with Gasteiger partial charge in [0, 0.05) is 12.6 Å². The molecule has 0 aromatic heterocycles. The third kappa shape index (κ3) is 5.73. The van der Waals surface area contributed by atoms with Crippen molar-refractivity contribution in [2.24, 2.45) is 0 Å². The Labute approximate surface area is 132 Å². The van der Waals surface area contributed by atoms with Gasteiger partial charge in [-0.05, 0) is 44.9 Å². The van der Waals surface area contributed by atoms with Crippen molar-refractivity contribution < 1.29 is 14.6 Å². The van der Waals surface area contributed by atoms with Gasteiger partial charge in [0.05, 0.1) is 24.3 Å². The molecule has 0 bridgehead atoms. The third-order valence-electron chi connectivity index (χ3n) is 3.03. The Morgan fingerprint density at radius 1 is 1.29 bits per heavy atom. The van der Waals surface area contributed by atoms with Crippen LogP contribution in [0.25, 0.3) is 0 Å². The zero-order valence-electron chi connectivity index (χ0n) is 13.3. The highest BCUT2D eigenvalue weighted by Crippen LogP contribution is 2.37. The summed E-state index contributed by atoms with van der Waals surface area (Å²) >= 11 is 6.32. The van der Waals surface area contributed by atoms with Crippen molar-refractivity contribution in [1.29, 1.82) is 0 Å². The predicted octanol–water partition coefficient (Wildman–Crippen LogP) is 3.39. The van der Waals surface area contributed by atoms with Crippen LogP contribution >= 0.6 is 11.6 Å². The van der Waals surface area contributed by atoms with Crippen molar-refractivity contribution in [3.63, 3.8) is 0 Å². The van der Waals surface area contributed by atoms with Gasteiger partial charge in [-0.15, -0.1) is 0 Å². The first-order valence-corrected chi connectivity index (χ1v) is 7.85. The molecule has 0 fully saturated rings. The maximum absolute atomic E-state index is 9.21. The highest BCUT2D eigenvalue weighted by atomic mass is 35.5. The number of ether oxygens (including phenoxy) is 2. The number of nitrogens with one attached hydrogen (secondary N) is 1. The van der Waals surface area contributed by atoms with Gasteiger partial charge in [-0.1, -0.05) is 18.5 Å². The van der Waals surface area contributed by atoms with Gasteiger partial charge in [-0.2, -0.15) is 0 Å². The SMILES string of the molecule is CCOc1cc(CNC(CC)CO)cc(Cl)c1OC(C)C. The number of aliphatic hydroxyl groups excluding tert-OH is 1. The summed E-state index contributed by atoms with van der Waals surface area (Å²) < 4.78 is 11.4. The van der Waals surface area contributed by atoms with E-state index in [2.05, 4.69) is 5.32 Å². The molecule has 5 heteroatoms. The first kappa shape index (κ1) is 18.1. The molecule has 0 saturated carbocycles. The molecule has 21 heavy (non-hydrogen) atoms. The maximum atomic E-state index is 9.21. The largest absolute Gasteiger partial charge is 0.490 e. The van der Waals surface area contributed by atoms with E-state index in [0.717, 1.165) is 12.0 Å². The second-order valence-electron chi connectivity index (χ2n) is 5.17. The molecule has 1 aromatic carbocycles. The lowest BCUT2D eigenvalue weighted by molar-refractivity contribution is 0.223. The Kier molecular flexibility index (Phi) is 7.86.